The van der Waals surface area contributed by atoms with Crippen LogP contribution in [0.1, 0.15) is 31.0 Å². The fraction of sp³-hybridized carbons (Fsp3) is 0.385. The summed E-state index contributed by atoms with van der Waals surface area (Å²) >= 11 is 0. The predicted octanol–water partition coefficient (Wildman–Crippen LogP) is 3.07. The third-order valence-electron chi connectivity index (χ3n) is 2.72. The van der Waals surface area contributed by atoms with Crippen molar-refractivity contribution >= 4 is 10.9 Å². The Bertz CT molecular complexity index is 521. The van der Waals surface area contributed by atoms with Crippen molar-refractivity contribution in [2.75, 3.05) is 7.11 Å². The molecule has 16 heavy (non-hydrogen) atoms. The van der Waals surface area contributed by atoms with Crippen molar-refractivity contribution in [2.24, 2.45) is 0 Å². The maximum atomic E-state index is 5.24. The summed E-state index contributed by atoms with van der Waals surface area (Å²) in [4.78, 5) is 8.67. The highest BCUT2D eigenvalue weighted by Crippen LogP contribution is 2.28. The quantitative estimate of drug-likeness (QED) is 0.773. The van der Waals surface area contributed by atoms with E-state index in [0.717, 1.165) is 22.3 Å². The zero-order valence-electron chi connectivity index (χ0n) is 10.1. The number of methoxy groups -OCH3 is 1. The van der Waals surface area contributed by atoms with Gasteiger partial charge in [0, 0.05) is 11.5 Å². The van der Waals surface area contributed by atoms with Crippen LogP contribution in [-0.4, -0.2) is 17.1 Å². The van der Waals surface area contributed by atoms with E-state index >= 15 is 0 Å². The van der Waals surface area contributed by atoms with Crippen molar-refractivity contribution in [1.82, 2.24) is 9.97 Å². The van der Waals surface area contributed by atoms with Crippen LogP contribution in [0.15, 0.2) is 18.5 Å². The largest absolute Gasteiger partial charge is 0.497 e. The average molecular weight is 216 g/mol. The minimum Gasteiger partial charge on any atom is -0.497 e. The van der Waals surface area contributed by atoms with Crippen molar-refractivity contribution < 1.29 is 4.74 Å². The summed E-state index contributed by atoms with van der Waals surface area (Å²) in [5.41, 5.74) is 3.22. The van der Waals surface area contributed by atoms with Crippen LogP contribution in [0.3, 0.4) is 0 Å². The Kier molecular flexibility index (Phi) is 2.77. The van der Waals surface area contributed by atoms with Gasteiger partial charge in [-0.05, 0) is 24.5 Å². The van der Waals surface area contributed by atoms with E-state index in [-0.39, 0.29) is 0 Å². The summed E-state index contributed by atoms with van der Waals surface area (Å²) in [5.74, 6) is 1.25. The van der Waals surface area contributed by atoms with Crippen LogP contribution in [0.2, 0.25) is 0 Å². The molecular formula is C13H16N2O. The fourth-order valence-corrected chi connectivity index (χ4v) is 1.94. The summed E-state index contributed by atoms with van der Waals surface area (Å²) in [6.45, 7) is 6.36. The number of hydrogen-bond acceptors (Lipinski definition) is 3. The first-order chi connectivity index (χ1) is 7.63. The second-order valence-corrected chi connectivity index (χ2v) is 4.25. The molecule has 1 heterocycles. The Morgan fingerprint density at radius 1 is 1.19 bits per heavy atom. The third-order valence-corrected chi connectivity index (χ3v) is 2.72. The minimum atomic E-state index is 0.401. The zero-order chi connectivity index (χ0) is 11.7. The van der Waals surface area contributed by atoms with Gasteiger partial charge in [0.2, 0.25) is 0 Å². The van der Waals surface area contributed by atoms with E-state index in [1.807, 2.05) is 12.1 Å². The van der Waals surface area contributed by atoms with Crippen LogP contribution in [-0.2, 0) is 0 Å². The molecule has 1 aromatic carbocycles. The number of aromatic nitrogens is 2. The first-order valence-electron chi connectivity index (χ1n) is 5.42. The predicted molar refractivity (Wildman–Crippen MR) is 64.9 cm³/mol. The van der Waals surface area contributed by atoms with Gasteiger partial charge in [0.25, 0.3) is 0 Å². The molecule has 2 rings (SSSR count). The van der Waals surface area contributed by atoms with Gasteiger partial charge in [-0.15, -0.1) is 0 Å². The molecule has 2 aromatic rings. The smallest absolute Gasteiger partial charge is 0.121 e. The number of ether oxygens (including phenoxy) is 1. The Hall–Kier alpha value is -1.64. The summed E-state index contributed by atoms with van der Waals surface area (Å²) < 4.78 is 5.24. The van der Waals surface area contributed by atoms with E-state index in [4.69, 9.17) is 4.74 Å². The molecule has 3 nitrogen and oxygen atoms in total. The molecule has 0 fully saturated rings. The highest BCUT2D eigenvalue weighted by atomic mass is 16.5. The molecule has 0 spiro atoms. The van der Waals surface area contributed by atoms with Crippen molar-refractivity contribution in [1.29, 1.82) is 0 Å². The topological polar surface area (TPSA) is 35.0 Å². The van der Waals surface area contributed by atoms with Gasteiger partial charge in [-0.2, -0.15) is 0 Å². The second kappa shape index (κ2) is 4.08. The van der Waals surface area contributed by atoms with Crippen molar-refractivity contribution in [2.45, 2.75) is 26.7 Å². The maximum Gasteiger partial charge on any atom is 0.121 e. The highest BCUT2D eigenvalue weighted by Gasteiger charge is 2.11. The molecule has 0 radical (unpaired) electrons. The highest BCUT2D eigenvalue weighted by molar-refractivity contribution is 5.86. The normalized spacial score (nSPS) is 11.1. The third kappa shape index (κ3) is 1.73. The first-order valence-corrected chi connectivity index (χ1v) is 5.42. The molecule has 0 atom stereocenters. The Labute approximate surface area is 95.5 Å². The van der Waals surface area contributed by atoms with Crippen molar-refractivity contribution in [3.63, 3.8) is 0 Å². The molecule has 0 N–H and O–H groups in total. The molecule has 3 heteroatoms. The molecule has 0 saturated carbocycles. The monoisotopic (exact) mass is 216 g/mol. The molecule has 0 aliphatic carbocycles. The van der Waals surface area contributed by atoms with Crippen LogP contribution in [0, 0.1) is 6.92 Å². The van der Waals surface area contributed by atoms with Gasteiger partial charge in [0.15, 0.2) is 0 Å². The lowest BCUT2D eigenvalue weighted by Crippen LogP contribution is -1.98. The molecule has 84 valence electrons. The average Bonchev–Trinajstić information content (AvgIpc) is 2.27. The lowest BCUT2D eigenvalue weighted by Gasteiger charge is -2.11. The van der Waals surface area contributed by atoms with E-state index in [2.05, 4.69) is 30.7 Å². The lowest BCUT2D eigenvalue weighted by atomic mass is 10.0. The van der Waals surface area contributed by atoms with Gasteiger partial charge < -0.3 is 4.74 Å². The number of benzene rings is 1. The molecule has 0 unspecified atom stereocenters. The van der Waals surface area contributed by atoms with Gasteiger partial charge in [-0.1, -0.05) is 13.8 Å². The molecule has 0 amide bonds. The van der Waals surface area contributed by atoms with Crippen LogP contribution in [0.25, 0.3) is 10.9 Å². The van der Waals surface area contributed by atoms with Gasteiger partial charge in [0.05, 0.1) is 18.3 Å². The number of hydrogen-bond donors (Lipinski definition) is 0. The molecule has 0 bridgehead atoms. The maximum absolute atomic E-state index is 5.24. The summed E-state index contributed by atoms with van der Waals surface area (Å²) in [5, 5.41) is 1.15. The zero-order valence-corrected chi connectivity index (χ0v) is 10.1. The molecule has 1 aromatic heterocycles. The number of aryl methyl sites for hydroxylation is 1. The van der Waals surface area contributed by atoms with E-state index in [9.17, 15) is 0 Å². The van der Waals surface area contributed by atoms with E-state index in [0.29, 0.717) is 5.92 Å². The van der Waals surface area contributed by atoms with Crippen LogP contribution >= 0.6 is 0 Å². The Morgan fingerprint density at radius 3 is 2.56 bits per heavy atom. The van der Waals surface area contributed by atoms with Gasteiger partial charge in [-0.25, -0.2) is 9.97 Å². The van der Waals surface area contributed by atoms with Crippen LogP contribution < -0.4 is 4.74 Å². The standard InChI is InChI=1S/C13H16N2O/c1-8(2)13-12-9(3)5-10(16-4)6-11(12)14-7-15-13/h5-8H,1-4H3. The molecular weight excluding hydrogens is 200 g/mol. The molecule has 0 aliphatic heterocycles. The Morgan fingerprint density at radius 2 is 1.94 bits per heavy atom. The van der Waals surface area contributed by atoms with Crippen molar-refractivity contribution in [3.05, 3.63) is 29.7 Å². The van der Waals surface area contributed by atoms with Crippen LogP contribution in [0.4, 0.5) is 0 Å². The number of nitrogens with zero attached hydrogens (tertiary/aromatic N) is 2. The summed E-state index contributed by atoms with van der Waals surface area (Å²) in [6.07, 6.45) is 1.62. The minimum absolute atomic E-state index is 0.401. The SMILES string of the molecule is COc1cc(C)c2c(C(C)C)ncnc2c1. The van der Waals surface area contributed by atoms with E-state index in [1.165, 1.54) is 5.56 Å². The summed E-state index contributed by atoms with van der Waals surface area (Å²) in [6, 6.07) is 3.98. The number of fused-ring (bicyclic) bond motifs is 1. The molecule has 0 aliphatic rings. The van der Waals surface area contributed by atoms with Gasteiger partial charge in [-0.3, -0.25) is 0 Å². The van der Waals surface area contributed by atoms with Crippen molar-refractivity contribution in [3.8, 4) is 5.75 Å². The lowest BCUT2D eigenvalue weighted by molar-refractivity contribution is 0.415. The van der Waals surface area contributed by atoms with Crippen LogP contribution in [0.5, 0.6) is 5.75 Å². The van der Waals surface area contributed by atoms with Gasteiger partial charge >= 0.3 is 0 Å². The first kappa shape index (κ1) is 10.9. The van der Waals surface area contributed by atoms with E-state index in [1.54, 1.807) is 13.4 Å². The van der Waals surface area contributed by atoms with E-state index < -0.39 is 0 Å². The Balaban J connectivity index is 2.78. The second-order valence-electron chi connectivity index (χ2n) is 4.25. The summed E-state index contributed by atoms with van der Waals surface area (Å²) in [7, 11) is 1.67. The van der Waals surface area contributed by atoms with Gasteiger partial charge in [0.1, 0.15) is 12.1 Å². The molecule has 0 saturated heterocycles. The number of rotatable bonds is 2. The fourth-order valence-electron chi connectivity index (χ4n) is 1.94.